The largest absolute Gasteiger partial charge is 0.462 e. The van der Waals surface area contributed by atoms with E-state index in [-0.39, 0.29) is 18.1 Å². The SMILES string of the molecule is C[C@H]1CN(C(=O)c2csc(-c3ccco3)n2)C[C@H](C)O1. The fourth-order valence-electron chi connectivity index (χ4n) is 2.39. The molecular weight excluding hydrogens is 276 g/mol. The average molecular weight is 292 g/mol. The van der Waals surface area contributed by atoms with Crippen LogP contribution in [0.2, 0.25) is 0 Å². The molecule has 0 N–H and O–H groups in total. The van der Waals surface area contributed by atoms with Gasteiger partial charge >= 0.3 is 0 Å². The van der Waals surface area contributed by atoms with Gasteiger partial charge < -0.3 is 14.1 Å². The number of hydrogen-bond donors (Lipinski definition) is 0. The zero-order chi connectivity index (χ0) is 14.1. The number of hydrogen-bond acceptors (Lipinski definition) is 5. The first-order valence-corrected chi connectivity index (χ1v) is 7.45. The first-order valence-electron chi connectivity index (χ1n) is 6.57. The number of nitrogens with zero attached hydrogens (tertiary/aromatic N) is 2. The molecule has 106 valence electrons. The fraction of sp³-hybridized carbons (Fsp3) is 0.429. The van der Waals surface area contributed by atoms with Gasteiger partial charge in [-0.1, -0.05) is 0 Å². The van der Waals surface area contributed by atoms with Crippen LogP contribution in [-0.2, 0) is 4.74 Å². The second-order valence-electron chi connectivity index (χ2n) is 4.98. The molecule has 1 amide bonds. The molecule has 2 atom stereocenters. The lowest BCUT2D eigenvalue weighted by atomic mass is 10.2. The Kier molecular flexibility index (Phi) is 3.58. The highest BCUT2D eigenvalue weighted by Crippen LogP contribution is 2.25. The van der Waals surface area contributed by atoms with Crippen LogP contribution in [0.3, 0.4) is 0 Å². The summed E-state index contributed by atoms with van der Waals surface area (Å²) in [6.07, 6.45) is 1.72. The van der Waals surface area contributed by atoms with E-state index in [0.717, 1.165) is 5.01 Å². The second kappa shape index (κ2) is 5.38. The molecule has 3 rings (SSSR count). The minimum Gasteiger partial charge on any atom is -0.462 e. The van der Waals surface area contributed by atoms with Gasteiger partial charge in [-0.2, -0.15) is 0 Å². The third-order valence-corrected chi connectivity index (χ3v) is 4.02. The molecule has 5 nitrogen and oxygen atoms in total. The van der Waals surface area contributed by atoms with Gasteiger partial charge in [-0.15, -0.1) is 11.3 Å². The third kappa shape index (κ3) is 2.62. The van der Waals surface area contributed by atoms with Crippen molar-refractivity contribution in [1.29, 1.82) is 0 Å². The Morgan fingerprint density at radius 1 is 1.40 bits per heavy atom. The maximum absolute atomic E-state index is 12.5. The monoisotopic (exact) mass is 292 g/mol. The van der Waals surface area contributed by atoms with E-state index in [1.807, 2.05) is 26.0 Å². The molecule has 2 aromatic rings. The summed E-state index contributed by atoms with van der Waals surface area (Å²) in [7, 11) is 0. The lowest BCUT2D eigenvalue weighted by molar-refractivity contribution is -0.0587. The van der Waals surface area contributed by atoms with Crippen LogP contribution in [-0.4, -0.2) is 41.1 Å². The van der Waals surface area contributed by atoms with E-state index in [1.54, 1.807) is 16.5 Å². The normalized spacial score (nSPS) is 23.0. The summed E-state index contributed by atoms with van der Waals surface area (Å²) < 4.78 is 10.9. The van der Waals surface area contributed by atoms with Crippen LogP contribution in [0.4, 0.5) is 0 Å². The number of thiazole rings is 1. The van der Waals surface area contributed by atoms with Crippen LogP contribution in [0, 0.1) is 0 Å². The highest BCUT2D eigenvalue weighted by molar-refractivity contribution is 7.13. The molecule has 1 aliphatic rings. The lowest BCUT2D eigenvalue weighted by Gasteiger charge is -2.34. The number of ether oxygens (including phenoxy) is 1. The van der Waals surface area contributed by atoms with E-state index in [2.05, 4.69) is 4.98 Å². The number of morpholine rings is 1. The molecule has 0 unspecified atom stereocenters. The number of carbonyl (C=O) groups is 1. The van der Waals surface area contributed by atoms with E-state index in [9.17, 15) is 4.79 Å². The summed E-state index contributed by atoms with van der Waals surface area (Å²) in [4.78, 5) is 18.6. The maximum Gasteiger partial charge on any atom is 0.273 e. The minimum absolute atomic E-state index is 0.0407. The first kappa shape index (κ1) is 13.3. The Hall–Kier alpha value is -1.66. The smallest absolute Gasteiger partial charge is 0.273 e. The van der Waals surface area contributed by atoms with E-state index in [1.165, 1.54) is 11.3 Å². The average Bonchev–Trinajstić information content (AvgIpc) is 3.07. The minimum atomic E-state index is -0.0407. The van der Waals surface area contributed by atoms with Crippen molar-refractivity contribution < 1.29 is 13.9 Å². The van der Waals surface area contributed by atoms with Gasteiger partial charge in [0, 0.05) is 18.5 Å². The van der Waals surface area contributed by atoms with E-state index in [4.69, 9.17) is 9.15 Å². The van der Waals surface area contributed by atoms with Crippen molar-refractivity contribution in [3.05, 3.63) is 29.5 Å². The number of amides is 1. The summed E-state index contributed by atoms with van der Waals surface area (Å²) in [5.74, 6) is 0.652. The van der Waals surface area contributed by atoms with Crippen molar-refractivity contribution in [2.24, 2.45) is 0 Å². The standard InChI is InChI=1S/C14H16N2O3S/c1-9-6-16(7-10(2)19-9)14(17)11-8-20-13(15-11)12-4-3-5-18-12/h3-5,8-10H,6-7H2,1-2H3/t9-,10-/m0/s1. The van der Waals surface area contributed by atoms with Crippen molar-refractivity contribution in [3.8, 4) is 10.8 Å². The Morgan fingerprint density at radius 2 is 2.15 bits per heavy atom. The number of furan rings is 1. The second-order valence-corrected chi connectivity index (χ2v) is 5.84. The molecule has 1 aliphatic heterocycles. The quantitative estimate of drug-likeness (QED) is 0.854. The van der Waals surface area contributed by atoms with Crippen LogP contribution in [0.5, 0.6) is 0 Å². The van der Waals surface area contributed by atoms with Crippen LogP contribution < -0.4 is 0 Å². The predicted molar refractivity (Wildman–Crippen MR) is 75.7 cm³/mol. The van der Waals surface area contributed by atoms with Gasteiger partial charge in [0.05, 0.1) is 18.5 Å². The third-order valence-electron chi connectivity index (χ3n) is 3.16. The van der Waals surface area contributed by atoms with E-state index in [0.29, 0.717) is 24.5 Å². The van der Waals surface area contributed by atoms with Crippen LogP contribution in [0.15, 0.2) is 28.2 Å². The summed E-state index contributed by atoms with van der Waals surface area (Å²) in [6, 6.07) is 3.65. The first-order chi connectivity index (χ1) is 9.63. The molecule has 0 spiro atoms. The van der Waals surface area contributed by atoms with Gasteiger partial charge in [-0.3, -0.25) is 4.79 Å². The molecule has 0 bridgehead atoms. The van der Waals surface area contributed by atoms with Gasteiger partial charge in [0.15, 0.2) is 10.8 Å². The van der Waals surface area contributed by atoms with Gasteiger partial charge in [-0.05, 0) is 26.0 Å². The fourth-order valence-corrected chi connectivity index (χ4v) is 3.15. The molecular formula is C14H16N2O3S. The van der Waals surface area contributed by atoms with Gasteiger partial charge in [-0.25, -0.2) is 4.98 Å². The number of rotatable bonds is 2. The van der Waals surface area contributed by atoms with Crippen molar-refractivity contribution in [2.45, 2.75) is 26.1 Å². The van der Waals surface area contributed by atoms with Crippen molar-refractivity contribution in [3.63, 3.8) is 0 Å². The summed E-state index contributed by atoms with van der Waals surface area (Å²) >= 11 is 1.42. The maximum atomic E-state index is 12.5. The summed E-state index contributed by atoms with van der Waals surface area (Å²) in [6.45, 7) is 5.17. The Bertz CT molecular complexity index is 583. The van der Waals surface area contributed by atoms with Crippen molar-refractivity contribution in [1.82, 2.24) is 9.88 Å². The zero-order valence-corrected chi connectivity index (χ0v) is 12.2. The lowest BCUT2D eigenvalue weighted by Crippen LogP contribution is -2.48. The molecule has 2 aromatic heterocycles. The number of aromatic nitrogens is 1. The zero-order valence-electron chi connectivity index (χ0n) is 11.4. The highest BCUT2D eigenvalue weighted by Gasteiger charge is 2.28. The topological polar surface area (TPSA) is 55.6 Å². The van der Waals surface area contributed by atoms with Gasteiger partial charge in [0.1, 0.15) is 5.69 Å². The van der Waals surface area contributed by atoms with E-state index >= 15 is 0 Å². The van der Waals surface area contributed by atoms with Crippen molar-refractivity contribution in [2.75, 3.05) is 13.1 Å². The summed E-state index contributed by atoms with van der Waals surface area (Å²) in [5.41, 5.74) is 0.475. The predicted octanol–water partition coefficient (Wildman–Crippen LogP) is 2.65. The number of carbonyl (C=O) groups excluding carboxylic acids is 1. The molecule has 1 fully saturated rings. The molecule has 0 aliphatic carbocycles. The summed E-state index contributed by atoms with van der Waals surface area (Å²) in [5, 5.41) is 2.51. The molecule has 3 heterocycles. The molecule has 0 saturated carbocycles. The van der Waals surface area contributed by atoms with Crippen molar-refractivity contribution >= 4 is 17.2 Å². The van der Waals surface area contributed by atoms with E-state index < -0.39 is 0 Å². The molecule has 1 saturated heterocycles. The highest BCUT2D eigenvalue weighted by atomic mass is 32.1. The molecule has 6 heteroatoms. The molecule has 0 radical (unpaired) electrons. The van der Waals surface area contributed by atoms with Crippen LogP contribution in [0.25, 0.3) is 10.8 Å². The van der Waals surface area contributed by atoms with Crippen LogP contribution in [0.1, 0.15) is 24.3 Å². The Balaban J connectivity index is 1.77. The van der Waals surface area contributed by atoms with Gasteiger partial charge in [0.2, 0.25) is 0 Å². The molecule has 0 aromatic carbocycles. The van der Waals surface area contributed by atoms with Gasteiger partial charge in [0.25, 0.3) is 5.91 Å². The Morgan fingerprint density at radius 3 is 2.80 bits per heavy atom. The Labute approximate surface area is 121 Å². The molecule has 20 heavy (non-hydrogen) atoms. The van der Waals surface area contributed by atoms with Crippen LogP contribution >= 0.6 is 11.3 Å².